The molecule has 0 radical (unpaired) electrons. The van der Waals surface area contributed by atoms with Crippen molar-refractivity contribution in [2.45, 2.75) is 24.2 Å². The molecule has 1 amide bonds. The van der Waals surface area contributed by atoms with Crippen molar-refractivity contribution in [3.05, 3.63) is 52.1 Å². The number of hydrogen-bond donors (Lipinski definition) is 3. The monoisotopic (exact) mass is 474 g/mol. The molecule has 1 aliphatic rings. The molecule has 4 rings (SSSR count). The number of hydrogen-bond acceptors (Lipinski definition) is 7. The minimum absolute atomic E-state index is 0.00277. The quantitative estimate of drug-likeness (QED) is 0.420. The van der Waals surface area contributed by atoms with E-state index in [1.165, 1.54) is 4.90 Å². The predicted molar refractivity (Wildman–Crippen MR) is 110 cm³/mol. The first-order valence-electron chi connectivity index (χ1n) is 9.20. The summed E-state index contributed by atoms with van der Waals surface area (Å²) in [4.78, 5) is 52.2. The number of rotatable bonds is 5. The van der Waals surface area contributed by atoms with Crippen LogP contribution in [0.25, 0.3) is 11.2 Å². The van der Waals surface area contributed by atoms with Gasteiger partial charge in [-0.15, -0.1) is 0 Å². The van der Waals surface area contributed by atoms with Crippen molar-refractivity contribution in [2.75, 3.05) is 12.3 Å². The molecule has 1 aromatic carbocycles. The second-order valence-electron chi connectivity index (χ2n) is 6.79. The van der Waals surface area contributed by atoms with Gasteiger partial charge in [-0.1, -0.05) is 0 Å². The van der Waals surface area contributed by atoms with Crippen molar-refractivity contribution in [2.24, 2.45) is 0 Å². The Morgan fingerprint density at radius 3 is 2.77 bits per heavy atom. The average Bonchev–Trinajstić information content (AvgIpc) is 3.22. The number of aromatic amines is 1. The summed E-state index contributed by atoms with van der Waals surface area (Å²) >= 11 is 0.00910. The fourth-order valence-electron chi connectivity index (χ4n) is 3.32. The molecule has 1 unspecified atom stereocenters. The van der Waals surface area contributed by atoms with Gasteiger partial charge in [0.05, 0.1) is 0 Å². The molecule has 1 fully saturated rings. The number of nitrogens with two attached hydrogens (primary N) is 1. The van der Waals surface area contributed by atoms with E-state index in [0.717, 1.165) is 4.46 Å². The summed E-state index contributed by atoms with van der Waals surface area (Å²) in [5, 5.41) is 9.88. The molecular weight excluding hydrogens is 455 g/mol. The van der Waals surface area contributed by atoms with Crippen LogP contribution < -0.4 is 15.8 Å². The van der Waals surface area contributed by atoms with Crippen LogP contribution in [0, 0.1) is 0 Å². The number of nitrogens with one attached hydrogen (secondary N) is 1. The maximum absolute atomic E-state index is 12.6. The normalized spacial score (nSPS) is 16.1. The molecule has 1 aliphatic heterocycles. The van der Waals surface area contributed by atoms with Crippen molar-refractivity contribution < 1.29 is 14.7 Å². The number of carboxylic acids is 1. The Labute approximate surface area is 176 Å². The van der Waals surface area contributed by atoms with E-state index >= 15 is 0 Å². The van der Waals surface area contributed by atoms with Crippen molar-refractivity contribution in [3.63, 3.8) is 0 Å². The van der Waals surface area contributed by atoms with Crippen LogP contribution in [0.5, 0.6) is 0 Å². The van der Waals surface area contributed by atoms with E-state index in [2.05, 4.69) is 19.9 Å². The fraction of sp³-hybridized carbons (Fsp3) is 0.263. The molecule has 0 spiro atoms. The fourth-order valence-corrected chi connectivity index (χ4v) is 4.96. The Balaban J connectivity index is 1.44. The summed E-state index contributed by atoms with van der Waals surface area (Å²) in [7, 11) is 0. The Morgan fingerprint density at radius 1 is 1.27 bits per heavy atom. The van der Waals surface area contributed by atoms with Crippen molar-refractivity contribution in [1.82, 2.24) is 24.8 Å². The van der Waals surface area contributed by atoms with Crippen LogP contribution in [0.4, 0.5) is 5.95 Å². The van der Waals surface area contributed by atoms with Gasteiger partial charge in [-0.2, -0.15) is 0 Å². The zero-order valence-electron chi connectivity index (χ0n) is 15.7. The number of nitrogens with zero attached hydrogens (tertiary/aromatic N) is 4. The molecule has 0 saturated carbocycles. The third-order valence-corrected chi connectivity index (χ3v) is 6.97. The van der Waals surface area contributed by atoms with Gasteiger partial charge in [0.25, 0.3) is 0 Å². The topological polar surface area (TPSA) is 155 Å². The predicted octanol–water partition coefficient (Wildman–Crippen LogP) is -0.486. The van der Waals surface area contributed by atoms with Crippen molar-refractivity contribution >= 4 is 48.4 Å². The third kappa shape index (κ3) is 4.03. The van der Waals surface area contributed by atoms with Crippen LogP contribution in [0.1, 0.15) is 28.9 Å². The summed E-state index contributed by atoms with van der Waals surface area (Å²) in [6.07, 6.45) is 2.76. The molecule has 10 nitrogen and oxygen atoms in total. The van der Waals surface area contributed by atoms with Gasteiger partial charge < -0.3 is 0 Å². The Kier molecular flexibility index (Phi) is 5.47. The van der Waals surface area contributed by atoms with Crippen LogP contribution in [-0.2, 0) is 10.1 Å². The number of nitrogen functional groups attached to an aromatic ring is 1. The number of carbonyl (C=O) groups is 2. The molecular formula is C19H18N6O4Se. The number of benzene rings is 1. The summed E-state index contributed by atoms with van der Waals surface area (Å²) in [6, 6.07) is 6.42. The van der Waals surface area contributed by atoms with E-state index in [0.29, 0.717) is 36.0 Å². The number of aromatic nitrogens is 4. The van der Waals surface area contributed by atoms with Crippen LogP contribution in [0.15, 0.2) is 35.3 Å². The molecule has 154 valence electrons. The van der Waals surface area contributed by atoms with Gasteiger partial charge >= 0.3 is 176 Å². The van der Waals surface area contributed by atoms with Gasteiger partial charge in [-0.25, -0.2) is 0 Å². The molecule has 30 heavy (non-hydrogen) atoms. The number of amides is 1. The van der Waals surface area contributed by atoms with E-state index < -0.39 is 17.6 Å². The van der Waals surface area contributed by atoms with E-state index in [-0.39, 0.29) is 38.0 Å². The second kappa shape index (κ2) is 8.21. The number of carboxylic acid groups (broad SMARTS) is 1. The van der Waals surface area contributed by atoms with Gasteiger partial charge in [0, 0.05) is 0 Å². The molecule has 1 saturated heterocycles. The molecule has 11 heteroatoms. The van der Waals surface area contributed by atoms with Crippen molar-refractivity contribution in [1.29, 1.82) is 0 Å². The standard InChI is InChI=1S/C19H18N6O4Se/c20-19-23-15-14(16(26)24-19)22-11(8-21-15)9-30-12-5-3-10(4-6-12)17(27)25-7-1-2-13(25)18(28)29/h3-6,8,13H,1-2,7,9H2,(H,28,29)(H3,20,21,23,24,26). The van der Waals surface area contributed by atoms with E-state index in [1.807, 2.05) is 12.1 Å². The molecule has 3 aromatic rings. The number of likely N-dealkylation sites (tertiary alicyclic amines) is 1. The Hall–Kier alpha value is -3.30. The van der Waals surface area contributed by atoms with Crippen LogP contribution in [0.3, 0.4) is 0 Å². The Bertz CT molecular complexity index is 1180. The molecule has 1 atom stereocenters. The Morgan fingerprint density at radius 2 is 2.03 bits per heavy atom. The van der Waals surface area contributed by atoms with E-state index in [9.17, 15) is 19.5 Å². The first-order chi connectivity index (χ1) is 14.4. The number of fused-ring (bicyclic) bond motifs is 1. The first-order valence-corrected chi connectivity index (χ1v) is 11.3. The number of carbonyl (C=O) groups excluding carboxylic acids is 1. The average molecular weight is 473 g/mol. The second-order valence-corrected chi connectivity index (χ2v) is 8.99. The zero-order chi connectivity index (χ0) is 21.3. The minimum atomic E-state index is -0.964. The molecule has 4 N–H and O–H groups in total. The summed E-state index contributed by atoms with van der Waals surface area (Å²) in [5.74, 6) is -1.23. The molecule has 2 aromatic heterocycles. The molecule has 3 heterocycles. The van der Waals surface area contributed by atoms with Crippen molar-refractivity contribution in [3.8, 4) is 0 Å². The summed E-state index contributed by atoms with van der Waals surface area (Å²) in [5.41, 5.74) is 6.58. The summed E-state index contributed by atoms with van der Waals surface area (Å²) in [6.45, 7) is 0.460. The van der Waals surface area contributed by atoms with Gasteiger partial charge in [0.1, 0.15) is 0 Å². The number of H-pyrrole nitrogens is 1. The van der Waals surface area contributed by atoms with Gasteiger partial charge in [0.2, 0.25) is 0 Å². The first kappa shape index (κ1) is 20.0. The van der Waals surface area contributed by atoms with Crippen LogP contribution in [0.2, 0.25) is 0 Å². The van der Waals surface area contributed by atoms with Gasteiger partial charge in [-0.05, 0) is 0 Å². The van der Waals surface area contributed by atoms with E-state index in [4.69, 9.17) is 5.73 Å². The number of aliphatic carboxylic acids is 1. The van der Waals surface area contributed by atoms with E-state index in [1.54, 1.807) is 18.3 Å². The zero-order valence-corrected chi connectivity index (χ0v) is 17.5. The van der Waals surface area contributed by atoms with Crippen LogP contribution in [-0.4, -0.2) is 69.4 Å². The van der Waals surface area contributed by atoms with Gasteiger partial charge in [0.15, 0.2) is 0 Å². The van der Waals surface area contributed by atoms with Gasteiger partial charge in [-0.3, -0.25) is 0 Å². The van der Waals surface area contributed by atoms with Crippen LogP contribution >= 0.6 is 0 Å². The maximum atomic E-state index is 12.6. The number of anilines is 1. The SMILES string of the molecule is Nc1nc2ncc(C[Se]c3ccc(C(=O)N4CCCC4C(=O)O)cc3)nc2c(=O)[nH]1. The molecule has 0 aliphatic carbocycles. The summed E-state index contributed by atoms with van der Waals surface area (Å²) < 4.78 is 1.04. The third-order valence-electron chi connectivity index (χ3n) is 4.77. The molecule has 0 bridgehead atoms.